The van der Waals surface area contributed by atoms with E-state index in [1.807, 2.05) is 13.8 Å². The molecule has 3 rings (SSSR count). The van der Waals surface area contributed by atoms with Gasteiger partial charge in [-0.1, -0.05) is 13.8 Å². The maximum absolute atomic E-state index is 13.1. The summed E-state index contributed by atoms with van der Waals surface area (Å²) in [4.78, 5) is 15.9. The lowest BCUT2D eigenvalue weighted by Gasteiger charge is -2.34. The Bertz CT molecular complexity index is 876. The molecule has 32 heavy (non-hydrogen) atoms. The number of unbranched alkanes of at least 4 members (excludes halogenated alkanes) is 1. The molecule has 0 radical (unpaired) electrons. The highest BCUT2D eigenvalue weighted by molar-refractivity contribution is 7.89. The van der Waals surface area contributed by atoms with E-state index in [0.717, 1.165) is 52.0 Å². The highest BCUT2D eigenvalue weighted by Crippen LogP contribution is 2.31. The Morgan fingerprint density at radius 2 is 1.75 bits per heavy atom. The molecule has 0 unspecified atom stereocenters. The summed E-state index contributed by atoms with van der Waals surface area (Å²) in [7, 11) is -1.62. The molecule has 2 fully saturated rings. The molecule has 0 aromatic heterocycles. The SMILES string of the molecule is C[C@H]1C[C@H](C)CN(S(=O)(=O)c2ccc(NCCCCN3CCN(C)CC3)c([N+](=O)[O-])c2)C1. The van der Waals surface area contributed by atoms with Crippen LogP contribution in [0.1, 0.15) is 33.1 Å². The number of anilines is 1. The number of nitrogens with one attached hydrogen (secondary N) is 1. The van der Waals surface area contributed by atoms with Crippen molar-refractivity contribution in [1.82, 2.24) is 14.1 Å². The van der Waals surface area contributed by atoms with Gasteiger partial charge in [0.25, 0.3) is 5.69 Å². The summed E-state index contributed by atoms with van der Waals surface area (Å²) in [6.07, 6.45) is 2.90. The zero-order valence-corrected chi connectivity index (χ0v) is 20.3. The van der Waals surface area contributed by atoms with Crippen molar-refractivity contribution >= 4 is 21.4 Å². The molecular formula is C22H37N5O4S. The third-order valence-corrected chi connectivity index (χ3v) is 8.28. The number of rotatable bonds is 9. The predicted octanol–water partition coefficient (Wildman–Crippen LogP) is 2.70. The average Bonchev–Trinajstić information content (AvgIpc) is 2.74. The molecule has 0 aliphatic carbocycles. The Morgan fingerprint density at radius 1 is 1.09 bits per heavy atom. The number of likely N-dealkylation sites (N-methyl/N-ethyl adjacent to an activating group) is 1. The maximum atomic E-state index is 13.1. The Morgan fingerprint density at radius 3 is 2.38 bits per heavy atom. The molecule has 9 nitrogen and oxygen atoms in total. The van der Waals surface area contributed by atoms with Gasteiger partial charge in [-0.3, -0.25) is 10.1 Å². The van der Waals surface area contributed by atoms with E-state index < -0.39 is 14.9 Å². The molecule has 10 heteroatoms. The summed E-state index contributed by atoms with van der Waals surface area (Å²) in [5, 5.41) is 14.8. The Labute approximate surface area is 192 Å². The summed E-state index contributed by atoms with van der Waals surface area (Å²) in [6, 6.07) is 4.22. The second-order valence-corrected chi connectivity index (χ2v) is 11.4. The van der Waals surface area contributed by atoms with E-state index in [9.17, 15) is 18.5 Å². The van der Waals surface area contributed by atoms with Gasteiger partial charge in [0.15, 0.2) is 0 Å². The number of sulfonamides is 1. The van der Waals surface area contributed by atoms with E-state index in [2.05, 4.69) is 22.2 Å². The fraction of sp³-hybridized carbons (Fsp3) is 0.727. The van der Waals surface area contributed by atoms with Gasteiger partial charge in [0.1, 0.15) is 5.69 Å². The number of nitrogens with zero attached hydrogens (tertiary/aromatic N) is 4. The van der Waals surface area contributed by atoms with E-state index in [1.165, 1.54) is 22.5 Å². The van der Waals surface area contributed by atoms with Gasteiger partial charge in [-0.25, -0.2) is 8.42 Å². The zero-order chi connectivity index (χ0) is 23.3. The summed E-state index contributed by atoms with van der Waals surface area (Å²) < 4.78 is 27.7. The summed E-state index contributed by atoms with van der Waals surface area (Å²) >= 11 is 0. The van der Waals surface area contributed by atoms with E-state index in [-0.39, 0.29) is 22.4 Å². The minimum atomic E-state index is -3.75. The van der Waals surface area contributed by atoms with Crippen LogP contribution in [0.15, 0.2) is 23.1 Å². The topological polar surface area (TPSA) is 99.0 Å². The van der Waals surface area contributed by atoms with Crippen molar-refractivity contribution in [2.75, 3.05) is 64.7 Å². The van der Waals surface area contributed by atoms with Crippen LogP contribution < -0.4 is 5.32 Å². The second kappa shape index (κ2) is 10.9. The van der Waals surface area contributed by atoms with E-state index in [1.54, 1.807) is 0 Å². The molecular weight excluding hydrogens is 430 g/mol. The largest absolute Gasteiger partial charge is 0.379 e. The van der Waals surface area contributed by atoms with E-state index >= 15 is 0 Å². The van der Waals surface area contributed by atoms with Crippen LogP contribution in [0, 0.1) is 22.0 Å². The minimum absolute atomic E-state index is 0.00823. The van der Waals surface area contributed by atoms with Crippen LogP contribution in [0.2, 0.25) is 0 Å². The van der Waals surface area contributed by atoms with Gasteiger partial charge in [0, 0.05) is 51.9 Å². The Balaban J connectivity index is 1.59. The van der Waals surface area contributed by atoms with Gasteiger partial charge in [0.2, 0.25) is 10.0 Å². The smallest absolute Gasteiger partial charge is 0.293 e. The van der Waals surface area contributed by atoms with Gasteiger partial charge in [-0.05, 0) is 56.8 Å². The van der Waals surface area contributed by atoms with Crippen LogP contribution >= 0.6 is 0 Å². The number of piperidine rings is 1. The highest BCUT2D eigenvalue weighted by Gasteiger charge is 2.33. The van der Waals surface area contributed by atoms with Crippen LogP contribution in [-0.2, 0) is 10.0 Å². The molecule has 2 saturated heterocycles. The van der Waals surface area contributed by atoms with Gasteiger partial charge in [0.05, 0.1) is 9.82 Å². The lowest BCUT2D eigenvalue weighted by atomic mass is 9.94. The molecule has 0 spiro atoms. The highest BCUT2D eigenvalue weighted by atomic mass is 32.2. The molecule has 180 valence electrons. The van der Waals surface area contributed by atoms with Crippen LogP contribution in [0.3, 0.4) is 0 Å². The van der Waals surface area contributed by atoms with Gasteiger partial charge in [-0.15, -0.1) is 0 Å². The zero-order valence-electron chi connectivity index (χ0n) is 19.5. The van der Waals surface area contributed by atoms with Gasteiger partial charge < -0.3 is 15.1 Å². The first-order chi connectivity index (χ1) is 15.2. The lowest BCUT2D eigenvalue weighted by molar-refractivity contribution is -0.384. The molecule has 0 amide bonds. The molecule has 2 aliphatic heterocycles. The fourth-order valence-corrected chi connectivity index (χ4v) is 6.38. The van der Waals surface area contributed by atoms with Crippen molar-refractivity contribution in [3.05, 3.63) is 28.3 Å². The number of hydrogen-bond acceptors (Lipinski definition) is 7. The van der Waals surface area contributed by atoms with E-state index in [0.29, 0.717) is 25.3 Å². The quantitative estimate of drug-likeness (QED) is 0.339. The van der Waals surface area contributed by atoms with Crippen molar-refractivity contribution in [1.29, 1.82) is 0 Å². The lowest BCUT2D eigenvalue weighted by Crippen LogP contribution is -2.44. The molecule has 2 aliphatic rings. The van der Waals surface area contributed by atoms with Crippen molar-refractivity contribution in [3.8, 4) is 0 Å². The van der Waals surface area contributed by atoms with E-state index in [4.69, 9.17) is 0 Å². The standard InChI is InChI=1S/C22H37N5O4S/c1-18-14-19(2)17-26(16-18)32(30,31)20-6-7-21(22(15-20)27(28)29)23-8-4-5-9-25-12-10-24(3)11-13-25/h6-7,15,18-19,23H,4-5,8-14,16-17H2,1-3H3/t18-,19-/m0/s1. The summed E-state index contributed by atoms with van der Waals surface area (Å²) in [6.45, 7) is 11.0. The molecule has 2 heterocycles. The third-order valence-electron chi connectivity index (χ3n) is 6.45. The summed E-state index contributed by atoms with van der Waals surface area (Å²) in [5.41, 5.74) is 0.178. The second-order valence-electron chi connectivity index (χ2n) is 9.48. The molecule has 1 N–H and O–H groups in total. The predicted molar refractivity (Wildman–Crippen MR) is 126 cm³/mol. The average molecular weight is 468 g/mol. The third kappa shape index (κ3) is 6.40. The number of hydrogen-bond donors (Lipinski definition) is 1. The van der Waals surface area contributed by atoms with Crippen molar-refractivity contribution < 1.29 is 13.3 Å². The van der Waals surface area contributed by atoms with Crippen molar-refractivity contribution in [2.45, 2.75) is 38.0 Å². The van der Waals surface area contributed by atoms with Crippen LogP contribution in [0.25, 0.3) is 0 Å². The number of nitro benzene ring substituents is 1. The fourth-order valence-electron chi connectivity index (χ4n) is 4.68. The van der Waals surface area contributed by atoms with Crippen molar-refractivity contribution in [3.63, 3.8) is 0 Å². The first-order valence-corrected chi connectivity index (χ1v) is 13.0. The molecule has 2 atom stereocenters. The van der Waals surface area contributed by atoms with Crippen LogP contribution in [0.5, 0.6) is 0 Å². The Hall–Kier alpha value is -1.75. The first kappa shape index (κ1) is 24.9. The minimum Gasteiger partial charge on any atom is -0.379 e. The number of benzene rings is 1. The van der Waals surface area contributed by atoms with Crippen molar-refractivity contribution in [2.24, 2.45) is 11.8 Å². The normalized spacial score (nSPS) is 23.8. The first-order valence-electron chi connectivity index (χ1n) is 11.6. The molecule has 0 bridgehead atoms. The summed E-state index contributed by atoms with van der Waals surface area (Å²) in [5.74, 6) is 0.547. The Kier molecular flexibility index (Phi) is 8.49. The molecule has 1 aromatic carbocycles. The monoisotopic (exact) mass is 467 g/mol. The number of nitro groups is 1. The molecule has 0 saturated carbocycles. The van der Waals surface area contributed by atoms with Gasteiger partial charge in [-0.2, -0.15) is 4.31 Å². The van der Waals surface area contributed by atoms with Gasteiger partial charge >= 0.3 is 0 Å². The molecule has 1 aromatic rings. The van der Waals surface area contributed by atoms with Crippen LogP contribution in [-0.4, -0.2) is 86.9 Å². The maximum Gasteiger partial charge on any atom is 0.293 e. The van der Waals surface area contributed by atoms with Crippen LogP contribution in [0.4, 0.5) is 11.4 Å². The number of piperazine rings is 1.